The Hall–Kier alpha value is -2.83. The van der Waals surface area contributed by atoms with Crippen molar-refractivity contribution in [1.29, 1.82) is 0 Å². The van der Waals surface area contributed by atoms with Gasteiger partial charge in [-0.1, -0.05) is 0 Å². The van der Waals surface area contributed by atoms with Crippen LogP contribution >= 0.6 is 0 Å². The minimum Gasteiger partial charge on any atom is -0.506 e. The topological polar surface area (TPSA) is 66.0 Å². The molecule has 0 saturated carbocycles. The molecule has 3 rings (SSSR count). The van der Waals surface area contributed by atoms with E-state index in [0.29, 0.717) is 12.1 Å². The maximum absolute atomic E-state index is 13.8. The number of nitrogens with zero attached hydrogens (tertiary/aromatic N) is 1. The molecule has 106 valence electrons. The van der Waals surface area contributed by atoms with Crippen LogP contribution in [0.1, 0.15) is 0 Å². The molecular weight excluding hydrogens is 285 g/mol. The molecule has 7 heteroatoms. The molecule has 0 bridgehead atoms. The lowest BCUT2D eigenvalue weighted by atomic mass is 10.0. The zero-order valence-electron chi connectivity index (χ0n) is 10.3. The van der Waals surface area contributed by atoms with Gasteiger partial charge in [-0.15, -0.1) is 0 Å². The average Bonchev–Trinajstić information content (AvgIpc) is 2.41. The quantitative estimate of drug-likeness (QED) is 0.724. The van der Waals surface area contributed by atoms with E-state index in [9.17, 15) is 23.1 Å². The van der Waals surface area contributed by atoms with E-state index in [4.69, 9.17) is 0 Å². The van der Waals surface area contributed by atoms with Crippen LogP contribution in [0.2, 0.25) is 0 Å². The summed E-state index contributed by atoms with van der Waals surface area (Å²) in [4.78, 5) is 18.1. The second-order valence-corrected chi connectivity index (χ2v) is 4.34. The van der Waals surface area contributed by atoms with Gasteiger partial charge >= 0.3 is 0 Å². The Balaban J connectivity index is 2.44. The first-order valence-electron chi connectivity index (χ1n) is 5.83. The van der Waals surface area contributed by atoms with Crippen molar-refractivity contribution in [3.63, 3.8) is 0 Å². The van der Waals surface area contributed by atoms with E-state index < -0.39 is 39.9 Å². The van der Waals surface area contributed by atoms with E-state index in [1.165, 1.54) is 18.5 Å². The van der Waals surface area contributed by atoms with Crippen LogP contribution in [0.4, 0.5) is 13.2 Å². The molecule has 0 fully saturated rings. The van der Waals surface area contributed by atoms with Gasteiger partial charge in [-0.2, -0.15) is 0 Å². The molecular formula is C14H7F3N2O2. The van der Waals surface area contributed by atoms with Gasteiger partial charge < -0.3 is 10.1 Å². The van der Waals surface area contributed by atoms with E-state index in [-0.39, 0.29) is 10.9 Å². The van der Waals surface area contributed by atoms with E-state index in [0.717, 1.165) is 0 Å². The number of nitrogens with one attached hydrogen (secondary N) is 1. The number of aromatic amines is 1. The predicted molar refractivity (Wildman–Crippen MR) is 69.3 cm³/mol. The average molecular weight is 292 g/mol. The fourth-order valence-corrected chi connectivity index (χ4v) is 2.14. The molecule has 3 aromatic rings. The second kappa shape index (κ2) is 4.62. The number of aromatic nitrogens is 2. The molecule has 0 atom stereocenters. The Morgan fingerprint density at radius 3 is 2.43 bits per heavy atom. The Morgan fingerprint density at radius 1 is 1.10 bits per heavy atom. The zero-order valence-corrected chi connectivity index (χ0v) is 10.3. The number of rotatable bonds is 1. The number of hydrogen-bond donors (Lipinski definition) is 2. The smallest absolute Gasteiger partial charge is 0.260 e. The molecule has 2 heterocycles. The maximum Gasteiger partial charge on any atom is 0.260 e. The molecule has 0 aliphatic heterocycles. The van der Waals surface area contributed by atoms with Crippen LogP contribution in [-0.2, 0) is 0 Å². The number of aromatic hydroxyl groups is 1. The third kappa shape index (κ3) is 2.03. The van der Waals surface area contributed by atoms with Crippen molar-refractivity contribution in [3.8, 4) is 16.9 Å². The van der Waals surface area contributed by atoms with E-state index >= 15 is 0 Å². The number of pyridine rings is 2. The second-order valence-electron chi connectivity index (χ2n) is 4.34. The third-order valence-corrected chi connectivity index (χ3v) is 3.05. The van der Waals surface area contributed by atoms with Gasteiger partial charge in [-0.3, -0.25) is 9.78 Å². The van der Waals surface area contributed by atoms with Crippen LogP contribution in [0.5, 0.6) is 5.75 Å². The minimum atomic E-state index is -1.28. The first-order valence-corrected chi connectivity index (χ1v) is 5.83. The van der Waals surface area contributed by atoms with E-state index in [2.05, 4.69) is 9.97 Å². The van der Waals surface area contributed by atoms with Gasteiger partial charge in [0.05, 0.1) is 22.8 Å². The number of benzene rings is 1. The summed E-state index contributed by atoms with van der Waals surface area (Å²) in [5, 5.41) is 10.3. The number of hydrogen-bond acceptors (Lipinski definition) is 3. The lowest BCUT2D eigenvalue weighted by Gasteiger charge is -2.09. The van der Waals surface area contributed by atoms with Gasteiger partial charge in [-0.05, 0) is 6.07 Å². The first kappa shape index (κ1) is 13.2. The summed E-state index contributed by atoms with van der Waals surface area (Å²) >= 11 is 0. The Bertz CT molecular complexity index is 899. The standard InChI is InChI=1S/C14H7F3N2O2/c15-6-3-8(16)11(9(17)4-6)12-13(20)7-1-2-18-5-10(7)19-14(12)21/h1-5H,(H2,19,20,21). The van der Waals surface area contributed by atoms with Gasteiger partial charge in [0, 0.05) is 23.7 Å². The predicted octanol–water partition coefficient (Wildman–Crippen LogP) is 2.71. The molecule has 0 unspecified atom stereocenters. The maximum atomic E-state index is 13.8. The minimum absolute atomic E-state index is 0.169. The molecule has 0 amide bonds. The normalized spacial score (nSPS) is 11.0. The summed E-state index contributed by atoms with van der Waals surface area (Å²) in [6, 6.07) is 2.26. The largest absolute Gasteiger partial charge is 0.506 e. The summed E-state index contributed by atoms with van der Waals surface area (Å²) in [6.07, 6.45) is 2.64. The molecule has 0 aliphatic rings. The molecule has 0 spiro atoms. The fourth-order valence-electron chi connectivity index (χ4n) is 2.14. The van der Waals surface area contributed by atoms with Gasteiger partial charge in [0.15, 0.2) is 0 Å². The summed E-state index contributed by atoms with van der Waals surface area (Å²) in [6.45, 7) is 0. The van der Waals surface area contributed by atoms with Crippen molar-refractivity contribution in [3.05, 3.63) is 58.4 Å². The lowest BCUT2D eigenvalue weighted by molar-refractivity contribution is 0.480. The van der Waals surface area contributed by atoms with Crippen molar-refractivity contribution in [2.75, 3.05) is 0 Å². The molecule has 21 heavy (non-hydrogen) atoms. The number of fused-ring (bicyclic) bond motifs is 1. The molecule has 0 saturated heterocycles. The number of halogens is 3. The Kier molecular flexibility index (Phi) is 2.90. The van der Waals surface area contributed by atoms with Crippen LogP contribution in [0.3, 0.4) is 0 Å². The summed E-state index contributed by atoms with van der Waals surface area (Å²) in [7, 11) is 0. The van der Waals surface area contributed by atoms with Crippen LogP contribution in [0, 0.1) is 17.5 Å². The van der Waals surface area contributed by atoms with Crippen molar-refractivity contribution < 1.29 is 18.3 Å². The van der Waals surface area contributed by atoms with Crippen LogP contribution in [0.15, 0.2) is 35.4 Å². The van der Waals surface area contributed by atoms with E-state index in [1.54, 1.807) is 0 Å². The van der Waals surface area contributed by atoms with Gasteiger partial charge in [-0.25, -0.2) is 13.2 Å². The van der Waals surface area contributed by atoms with Crippen molar-refractivity contribution >= 4 is 10.9 Å². The molecule has 4 nitrogen and oxygen atoms in total. The van der Waals surface area contributed by atoms with Crippen LogP contribution in [-0.4, -0.2) is 15.1 Å². The monoisotopic (exact) mass is 292 g/mol. The molecule has 2 N–H and O–H groups in total. The summed E-state index contributed by atoms with van der Waals surface area (Å²) in [5.74, 6) is -4.27. The highest BCUT2D eigenvalue weighted by molar-refractivity contribution is 5.91. The van der Waals surface area contributed by atoms with Crippen LogP contribution in [0.25, 0.3) is 22.0 Å². The SMILES string of the molecule is O=c1[nH]c2cnccc2c(O)c1-c1c(F)cc(F)cc1F. The van der Waals surface area contributed by atoms with Gasteiger partial charge in [0.25, 0.3) is 5.56 Å². The lowest BCUT2D eigenvalue weighted by Crippen LogP contribution is -2.11. The highest BCUT2D eigenvalue weighted by atomic mass is 19.1. The molecule has 0 radical (unpaired) electrons. The number of H-pyrrole nitrogens is 1. The third-order valence-electron chi connectivity index (χ3n) is 3.05. The highest BCUT2D eigenvalue weighted by Gasteiger charge is 2.21. The zero-order chi connectivity index (χ0) is 15.1. The van der Waals surface area contributed by atoms with Crippen LogP contribution < -0.4 is 5.56 Å². The Morgan fingerprint density at radius 2 is 1.76 bits per heavy atom. The fraction of sp³-hybridized carbons (Fsp3) is 0. The van der Waals surface area contributed by atoms with Gasteiger partial charge in [0.2, 0.25) is 0 Å². The van der Waals surface area contributed by atoms with Crippen molar-refractivity contribution in [1.82, 2.24) is 9.97 Å². The summed E-state index contributed by atoms with van der Waals surface area (Å²) in [5.41, 5.74) is -2.07. The van der Waals surface area contributed by atoms with Crippen molar-refractivity contribution in [2.45, 2.75) is 0 Å². The molecule has 0 aliphatic carbocycles. The highest BCUT2D eigenvalue weighted by Crippen LogP contribution is 2.34. The molecule has 1 aromatic carbocycles. The Labute approximate surface area is 115 Å². The van der Waals surface area contributed by atoms with E-state index in [1.807, 2.05) is 0 Å². The first-order chi connectivity index (χ1) is 9.99. The summed E-state index contributed by atoms with van der Waals surface area (Å²) < 4.78 is 40.5. The molecule has 2 aromatic heterocycles. The van der Waals surface area contributed by atoms with Gasteiger partial charge in [0.1, 0.15) is 23.2 Å². The van der Waals surface area contributed by atoms with Crippen molar-refractivity contribution in [2.24, 2.45) is 0 Å².